The molecule has 7 heteroatoms. The minimum atomic E-state index is -0.484. The molecule has 0 aromatic heterocycles. The first-order valence-electron chi connectivity index (χ1n) is 5.86. The second kappa shape index (κ2) is 5.75. The van der Waals surface area contributed by atoms with Crippen LogP contribution in [-0.2, 0) is 4.79 Å². The number of aldehydes is 1. The zero-order chi connectivity index (χ0) is 14.0. The van der Waals surface area contributed by atoms with Gasteiger partial charge >= 0.3 is 0 Å². The third-order valence-corrected chi connectivity index (χ3v) is 3.93. The van der Waals surface area contributed by atoms with E-state index in [1.807, 2.05) is 4.90 Å². The van der Waals surface area contributed by atoms with Gasteiger partial charge < -0.3 is 9.69 Å². The number of carbonyl (C=O) groups excluding carboxylic acids is 1. The van der Waals surface area contributed by atoms with E-state index in [9.17, 15) is 14.9 Å². The van der Waals surface area contributed by atoms with Gasteiger partial charge in [0.15, 0.2) is 0 Å². The molecule has 1 unspecified atom stereocenters. The maximum absolute atomic E-state index is 11.1. The fourth-order valence-electron chi connectivity index (χ4n) is 2.27. The molecule has 1 heterocycles. The number of hydrogen-bond acceptors (Lipinski definition) is 4. The van der Waals surface area contributed by atoms with Crippen LogP contribution in [0.3, 0.4) is 0 Å². The van der Waals surface area contributed by atoms with Crippen molar-refractivity contribution in [3.05, 3.63) is 32.3 Å². The molecule has 1 aliphatic heterocycles. The summed E-state index contributed by atoms with van der Waals surface area (Å²) in [6.07, 6.45) is 2.53. The lowest BCUT2D eigenvalue weighted by Gasteiger charge is -2.31. The lowest BCUT2D eigenvalue weighted by Crippen LogP contribution is -2.36. The molecule has 0 spiro atoms. The summed E-state index contributed by atoms with van der Waals surface area (Å²) in [5.74, 6) is -0.0946. The number of anilines is 1. The number of halogens is 2. The lowest BCUT2D eigenvalue weighted by molar-refractivity contribution is -0.384. The van der Waals surface area contributed by atoms with E-state index in [1.165, 1.54) is 12.1 Å². The van der Waals surface area contributed by atoms with Crippen LogP contribution in [0.2, 0.25) is 10.0 Å². The molecule has 1 saturated heterocycles. The fraction of sp³-hybridized carbons (Fsp3) is 0.417. The second-order valence-electron chi connectivity index (χ2n) is 4.50. The highest BCUT2D eigenvalue weighted by Gasteiger charge is 2.26. The maximum atomic E-state index is 11.1. The summed E-state index contributed by atoms with van der Waals surface area (Å²) in [6, 6.07) is 2.75. The van der Waals surface area contributed by atoms with E-state index in [0.717, 1.165) is 19.1 Å². The number of carbonyl (C=O) groups is 1. The number of nitro benzene ring substituents is 1. The Bertz CT molecular complexity index is 522. The van der Waals surface area contributed by atoms with Crippen molar-refractivity contribution in [2.24, 2.45) is 5.92 Å². The first-order valence-corrected chi connectivity index (χ1v) is 6.62. The Morgan fingerprint density at radius 2 is 2.05 bits per heavy atom. The van der Waals surface area contributed by atoms with Gasteiger partial charge in [-0.15, -0.1) is 0 Å². The minimum Gasteiger partial charge on any atom is -0.365 e. The quantitative estimate of drug-likeness (QED) is 0.488. The smallest absolute Gasteiger partial charge is 0.294 e. The standard InChI is InChI=1S/C12H12Cl2N2O3/c13-9-4-11(12(16(18)19)5-10(9)14)15-3-1-2-8(6-15)7-17/h4-5,7-8H,1-3,6H2. The molecule has 102 valence electrons. The largest absolute Gasteiger partial charge is 0.365 e. The van der Waals surface area contributed by atoms with Crippen molar-refractivity contribution >= 4 is 40.9 Å². The lowest BCUT2D eigenvalue weighted by atomic mass is 9.99. The van der Waals surface area contributed by atoms with Crippen LogP contribution in [0.1, 0.15) is 12.8 Å². The Labute approximate surface area is 120 Å². The van der Waals surface area contributed by atoms with E-state index in [2.05, 4.69) is 0 Å². The maximum Gasteiger partial charge on any atom is 0.294 e. The van der Waals surface area contributed by atoms with Crippen molar-refractivity contribution in [2.75, 3.05) is 18.0 Å². The third-order valence-electron chi connectivity index (χ3n) is 3.21. The molecular formula is C12H12Cl2N2O3. The van der Waals surface area contributed by atoms with Crippen LogP contribution < -0.4 is 4.90 Å². The van der Waals surface area contributed by atoms with Crippen LogP contribution >= 0.6 is 23.2 Å². The summed E-state index contributed by atoms with van der Waals surface area (Å²) in [4.78, 5) is 23.3. The van der Waals surface area contributed by atoms with Crippen LogP contribution in [0.25, 0.3) is 0 Å². The van der Waals surface area contributed by atoms with Gasteiger partial charge in [0.25, 0.3) is 5.69 Å². The van der Waals surface area contributed by atoms with E-state index in [0.29, 0.717) is 18.8 Å². The third kappa shape index (κ3) is 2.98. The topological polar surface area (TPSA) is 63.5 Å². The summed E-state index contributed by atoms with van der Waals surface area (Å²) < 4.78 is 0. The average Bonchev–Trinajstić information content (AvgIpc) is 2.41. The molecule has 0 radical (unpaired) electrons. The van der Waals surface area contributed by atoms with E-state index in [-0.39, 0.29) is 21.7 Å². The monoisotopic (exact) mass is 302 g/mol. The molecule has 0 amide bonds. The molecule has 0 saturated carbocycles. The molecule has 2 rings (SSSR count). The van der Waals surface area contributed by atoms with Gasteiger partial charge in [0.1, 0.15) is 12.0 Å². The SMILES string of the molecule is O=CC1CCCN(c2cc(Cl)c(Cl)cc2[N+](=O)[O-])C1. The molecule has 0 N–H and O–H groups in total. The van der Waals surface area contributed by atoms with Crippen LogP contribution in [0.4, 0.5) is 11.4 Å². The van der Waals surface area contributed by atoms with Gasteiger partial charge in [0.05, 0.1) is 15.0 Å². The van der Waals surface area contributed by atoms with Gasteiger partial charge in [-0.05, 0) is 18.9 Å². The fourth-order valence-corrected chi connectivity index (χ4v) is 2.58. The van der Waals surface area contributed by atoms with Crippen molar-refractivity contribution in [2.45, 2.75) is 12.8 Å². The van der Waals surface area contributed by atoms with Crippen molar-refractivity contribution in [1.29, 1.82) is 0 Å². The zero-order valence-corrected chi connectivity index (χ0v) is 11.5. The summed E-state index contributed by atoms with van der Waals surface area (Å²) in [5.41, 5.74) is 0.340. The number of hydrogen-bond donors (Lipinski definition) is 0. The van der Waals surface area contributed by atoms with Crippen molar-refractivity contribution in [3.8, 4) is 0 Å². The predicted octanol–water partition coefficient (Wildman–Crippen LogP) is 3.32. The number of piperidine rings is 1. The normalized spacial score (nSPS) is 19.3. The Morgan fingerprint density at radius 1 is 1.37 bits per heavy atom. The van der Waals surface area contributed by atoms with E-state index in [1.54, 1.807) is 0 Å². The van der Waals surface area contributed by atoms with Crippen LogP contribution in [0.5, 0.6) is 0 Å². The molecule has 5 nitrogen and oxygen atoms in total. The Morgan fingerprint density at radius 3 is 2.68 bits per heavy atom. The molecule has 1 atom stereocenters. The molecular weight excluding hydrogens is 291 g/mol. The first-order chi connectivity index (χ1) is 9.02. The summed E-state index contributed by atoms with van der Waals surface area (Å²) >= 11 is 11.7. The minimum absolute atomic E-state index is 0.0825. The summed E-state index contributed by atoms with van der Waals surface area (Å²) in [7, 11) is 0. The van der Waals surface area contributed by atoms with Crippen molar-refractivity contribution in [1.82, 2.24) is 0 Å². The zero-order valence-electron chi connectivity index (χ0n) is 10.0. The van der Waals surface area contributed by atoms with Crippen molar-refractivity contribution < 1.29 is 9.72 Å². The van der Waals surface area contributed by atoms with E-state index >= 15 is 0 Å². The van der Waals surface area contributed by atoms with Crippen molar-refractivity contribution in [3.63, 3.8) is 0 Å². The molecule has 19 heavy (non-hydrogen) atoms. The Hall–Kier alpha value is -1.33. The number of nitro groups is 1. The van der Waals surface area contributed by atoms with Gasteiger partial charge in [-0.1, -0.05) is 23.2 Å². The highest BCUT2D eigenvalue weighted by molar-refractivity contribution is 6.42. The highest BCUT2D eigenvalue weighted by Crippen LogP contribution is 2.37. The molecule has 1 aromatic rings. The Balaban J connectivity index is 2.40. The molecule has 0 aliphatic carbocycles. The van der Waals surface area contributed by atoms with Crippen LogP contribution in [0, 0.1) is 16.0 Å². The molecule has 0 bridgehead atoms. The van der Waals surface area contributed by atoms with E-state index in [4.69, 9.17) is 23.2 Å². The van der Waals surface area contributed by atoms with Gasteiger partial charge in [-0.3, -0.25) is 10.1 Å². The highest BCUT2D eigenvalue weighted by atomic mass is 35.5. The predicted molar refractivity (Wildman–Crippen MR) is 74.1 cm³/mol. The molecule has 1 fully saturated rings. The van der Waals surface area contributed by atoms with Gasteiger partial charge in [0.2, 0.25) is 0 Å². The molecule has 1 aliphatic rings. The van der Waals surface area contributed by atoms with Gasteiger partial charge in [-0.25, -0.2) is 0 Å². The summed E-state index contributed by atoms with van der Waals surface area (Å²) in [5, 5.41) is 11.5. The van der Waals surface area contributed by atoms with Crippen LogP contribution in [0.15, 0.2) is 12.1 Å². The number of benzene rings is 1. The van der Waals surface area contributed by atoms with E-state index < -0.39 is 4.92 Å². The van der Waals surface area contributed by atoms with Crippen LogP contribution in [-0.4, -0.2) is 24.3 Å². The van der Waals surface area contributed by atoms with Gasteiger partial charge in [0, 0.05) is 25.1 Å². The average molecular weight is 303 g/mol. The molecule has 1 aromatic carbocycles. The number of nitrogens with zero attached hydrogens (tertiary/aromatic N) is 2. The second-order valence-corrected chi connectivity index (χ2v) is 5.31. The Kier molecular flexibility index (Phi) is 4.27. The summed E-state index contributed by atoms with van der Waals surface area (Å²) in [6.45, 7) is 1.14. The van der Waals surface area contributed by atoms with Gasteiger partial charge in [-0.2, -0.15) is 0 Å². The first kappa shape index (κ1) is 14.1. The number of rotatable bonds is 3.